The lowest BCUT2D eigenvalue weighted by Gasteiger charge is -2.31. The highest BCUT2D eigenvalue weighted by Gasteiger charge is 2.26. The summed E-state index contributed by atoms with van der Waals surface area (Å²) < 4.78 is 1.22. The van der Waals surface area contributed by atoms with Crippen LogP contribution in [0.4, 0.5) is 0 Å². The van der Waals surface area contributed by atoms with E-state index in [9.17, 15) is 0 Å². The first-order valence-electron chi connectivity index (χ1n) is 6.09. The molecule has 0 aliphatic heterocycles. The molecule has 0 unspecified atom stereocenters. The molecule has 0 saturated heterocycles. The van der Waals surface area contributed by atoms with Crippen molar-refractivity contribution >= 4 is 27.3 Å². The maximum absolute atomic E-state index is 3.53. The Balaban J connectivity index is 2.69. The summed E-state index contributed by atoms with van der Waals surface area (Å²) in [5.41, 5.74) is 0.431. The van der Waals surface area contributed by atoms with Crippen LogP contribution in [0, 0.1) is 5.41 Å². The second kappa shape index (κ2) is 6.77. The molecule has 0 fully saturated rings. The van der Waals surface area contributed by atoms with Gasteiger partial charge in [0.1, 0.15) is 0 Å². The Labute approximate surface area is 112 Å². The average molecular weight is 304 g/mol. The van der Waals surface area contributed by atoms with E-state index in [1.54, 1.807) is 0 Å². The summed E-state index contributed by atoms with van der Waals surface area (Å²) in [7, 11) is 0. The summed E-state index contributed by atoms with van der Waals surface area (Å²) >= 11 is 5.40. The van der Waals surface area contributed by atoms with Gasteiger partial charge in [0.2, 0.25) is 0 Å². The van der Waals surface area contributed by atoms with Crippen LogP contribution >= 0.6 is 27.3 Å². The lowest BCUT2D eigenvalue weighted by atomic mass is 9.78. The zero-order valence-corrected chi connectivity index (χ0v) is 12.9. The highest BCUT2D eigenvalue weighted by Crippen LogP contribution is 2.33. The van der Waals surface area contributed by atoms with Crippen molar-refractivity contribution < 1.29 is 0 Å². The van der Waals surface area contributed by atoms with Gasteiger partial charge in [-0.15, -0.1) is 11.3 Å². The van der Waals surface area contributed by atoms with E-state index in [4.69, 9.17) is 0 Å². The lowest BCUT2D eigenvalue weighted by Crippen LogP contribution is -2.35. The molecule has 1 heterocycles. The first-order valence-corrected chi connectivity index (χ1v) is 7.76. The Morgan fingerprint density at radius 2 is 2.00 bits per heavy atom. The molecule has 1 aromatic rings. The van der Waals surface area contributed by atoms with E-state index in [1.807, 2.05) is 11.3 Å². The van der Waals surface area contributed by atoms with Gasteiger partial charge in [-0.3, -0.25) is 0 Å². The molecule has 1 nitrogen and oxygen atoms in total. The summed E-state index contributed by atoms with van der Waals surface area (Å²) in [4.78, 5) is 1.49. The van der Waals surface area contributed by atoms with Crippen molar-refractivity contribution in [1.82, 2.24) is 5.32 Å². The van der Waals surface area contributed by atoms with Crippen molar-refractivity contribution in [3.8, 4) is 0 Å². The minimum Gasteiger partial charge on any atom is -0.316 e. The number of nitrogens with one attached hydrogen (secondary N) is 1. The maximum atomic E-state index is 3.53. The van der Waals surface area contributed by atoms with Crippen LogP contribution in [0.5, 0.6) is 0 Å². The Hall–Kier alpha value is 0.140. The van der Waals surface area contributed by atoms with Crippen LogP contribution in [-0.4, -0.2) is 13.1 Å². The molecule has 0 spiro atoms. The van der Waals surface area contributed by atoms with E-state index < -0.39 is 0 Å². The minimum atomic E-state index is 0.431. The number of rotatable bonds is 7. The zero-order chi connectivity index (χ0) is 12.0. The van der Waals surface area contributed by atoms with Gasteiger partial charge in [0.05, 0.1) is 0 Å². The molecule has 1 N–H and O–H groups in total. The van der Waals surface area contributed by atoms with Crippen molar-refractivity contribution in [3.05, 3.63) is 20.8 Å². The van der Waals surface area contributed by atoms with Crippen molar-refractivity contribution in [3.63, 3.8) is 0 Å². The molecule has 0 saturated carbocycles. The molecule has 1 rings (SSSR count). The third-order valence-corrected chi connectivity index (χ3v) is 5.12. The molecule has 0 aliphatic rings. The van der Waals surface area contributed by atoms with Crippen molar-refractivity contribution in [1.29, 1.82) is 0 Å². The lowest BCUT2D eigenvalue weighted by molar-refractivity contribution is 0.250. The van der Waals surface area contributed by atoms with Crippen LogP contribution in [0.25, 0.3) is 0 Å². The summed E-state index contributed by atoms with van der Waals surface area (Å²) in [5.74, 6) is 0. The van der Waals surface area contributed by atoms with Crippen molar-refractivity contribution in [2.24, 2.45) is 5.41 Å². The van der Waals surface area contributed by atoms with Crippen molar-refractivity contribution in [2.45, 2.75) is 40.0 Å². The first kappa shape index (κ1) is 14.2. The van der Waals surface area contributed by atoms with Crippen LogP contribution < -0.4 is 5.32 Å². The molecule has 3 heteroatoms. The van der Waals surface area contributed by atoms with E-state index >= 15 is 0 Å². The van der Waals surface area contributed by atoms with Crippen LogP contribution in [0.1, 0.15) is 38.5 Å². The van der Waals surface area contributed by atoms with Crippen LogP contribution in [0.2, 0.25) is 0 Å². The Kier molecular flexibility index (Phi) is 6.01. The van der Waals surface area contributed by atoms with Gasteiger partial charge in [0.25, 0.3) is 0 Å². The zero-order valence-electron chi connectivity index (χ0n) is 10.5. The molecular formula is C13H22BrNS. The summed E-state index contributed by atoms with van der Waals surface area (Å²) in [6, 6.07) is 2.26. The van der Waals surface area contributed by atoms with Gasteiger partial charge in [-0.25, -0.2) is 0 Å². The van der Waals surface area contributed by atoms with E-state index in [2.05, 4.69) is 53.5 Å². The summed E-state index contributed by atoms with van der Waals surface area (Å²) in [6.45, 7) is 8.99. The number of thiophene rings is 1. The SMILES string of the molecule is CCNCC(CC)(CC)Cc1cc(Br)cs1. The number of hydrogen-bond donors (Lipinski definition) is 1. The highest BCUT2D eigenvalue weighted by atomic mass is 79.9. The van der Waals surface area contributed by atoms with Gasteiger partial charge in [-0.2, -0.15) is 0 Å². The monoisotopic (exact) mass is 303 g/mol. The van der Waals surface area contributed by atoms with E-state index in [0.29, 0.717) is 5.41 Å². The fraction of sp³-hybridized carbons (Fsp3) is 0.692. The standard InChI is InChI=1S/C13H22BrNS/c1-4-13(5-2,10-15-6-3)8-12-7-11(14)9-16-12/h7,9,15H,4-6,8,10H2,1-3H3. The molecule has 0 aliphatic carbocycles. The summed E-state index contributed by atoms with van der Waals surface area (Å²) in [5, 5.41) is 5.69. The van der Waals surface area contributed by atoms with Gasteiger partial charge in [-0.05, 0) is 53.2 Å². The molecule has 0 atom stereocenters. The van der Waals surface area contributed by atoms with E-state index in [0.717, 1.165) is 13.1 Å². The Bertz CT molecular complexity index is 305. The summed E-state index contributed by atoms with van der Waals surface area (Å²) in [6.07, 6.45) is 3.68. The molecule has 16 heavy (non-hydrogen) atoms. The van der Waals surface area contributed by atoms with E-state index in [-0.39, 0.29) is 0 Å². The van der Waals surface area contributed by atoms with Crippen LogP contribution in [0.15, 0.2) is 15.9 Å². The smallest absolute Gasteiger partial charge is 0.0285 e. The average Bonchev–Trinajstić information content (AvgIpc) is 2.70. The topological polar surface area (TPSA) is 12.0 Å². The van der Waals surface area contributed by atoms with E-state index in [1.165, 1.54) is 28.6 Å². The molecule has 0 bridgehead atoms. The van der Waals surface area contributed by atoms with Gasteiger partial charge in [0, 0.05) is 21.3 Å². The molecule has 1 aromatic heterocycles. The van der Waals surface area contributed by atoms with Gasteiger partial charge >= 0.3 is 0 Å². The Morgan fingerprint density at radius 3 is 2.44 bits per heavy atom. The fourth-order valence-electron chi connectivity index (χ4n) is 2.02. The third-order valence-electron chi connectivity index (χ3n) is 3.42. The largest absolute Gasteiger partial charge is 0.316 e. The Morgan fingerprint density at radius 1 is 1.31 bits per heavy atom. The third kappa shape index (κ3) is 3.86. The predicted octanol–water partition coefficient (Wildman–Crippen LogP) is 4.47. The predicted molar refractivity (Wildman–Crippen MR) is 77.3 cm³/mol. The quantitative estimate of drug-likeness (QED) is 0.783. The van der Waals surface area contributed by atoms with Gasteiger partial charge in [0.15, 0.2) is 0 Å². The molecule has 0 radical (unpaired) electrons. The van der Waals surface area contributed by atoms with Gasteiger partial charge < -0.3 is 5.32 Å². The van der Waals surface area contributed by atoms with Crippen LogP contribution in [0.3, 0.4) is 0 Å². The molecular weight excluding hydrogens is 282 g/mol. The minimum absolute atomic E-state index is 0.431. The second-order valence-corrected chi connectivity index (χ2v) is 6.31. The second-order valence-electron chi connectivity index (χ2n) is 4.40. The first-order chi connectivity index (χ1) is 7.65. The molecule has 92 valence electrons. The number of halogens is 1. The number of hydrogen-bond acceptors (Lipinski definition) is 2. The van der Waals surface area contributed by atoms with Crippen LogP contribution in [-0.2, 0) is 6.42 Å². The maximum Gasteiger partial charge on any atom is 0.0285 e. The molecule has 0 amide bonds. The normalized spacial score (nSPS) is 12.0. The fourth-order valence-corrected chi connectivity index (χ4v) is 3.64. The molecule has 0 aromatic carbocycles. The van der Waals surface area contributed by atoms with Crippen molar-refractivity contribution in [2.75, 3.05) is 13.1 Å². The highest BCUT2D eigenvalue weighted by molar-refractivity contribution is 9.10. The van der Waals surface area contributed by atoms with Gasteiger partial charge in [-0.1, -0.05) is 20.8 Å².